The summed E-state index contributed by atoms with van der Waals surface area (Å²) in [6, 6.07) is 0. The van der Waals surface area contributed by atoms with Crippen molar-refractivity contribution in [3.63, 3.8) is 0 Å². The standard InChI is InChI=1S/C10H14O/c1-2-3-4-7-10-8-5-6-9-11-10/h2-3,5-6,8H,4,7,9H2,1H3. The maximum Gasteiger partial charge on any atom is 0.106 e. The highest BCUT2D eigenvalue weighted by atomic mass is 16.5. The molecule has 0 fully saturated rings. The van der Waals surface area contributed by atoms with Crippen molar-refractivity contribution in [3.05, 3.63) is 36.1 Å². The molecule has 0 unspecified atom stereocenters. The highest BCUT2D eigenvalue weighted by Crippen LogP contribution is 2.10. The van der Waals surface area contributed by atoms with Crippen LogP contribution in [0.5, 0.6) is 0 Å². The van der Waals surface area contributed by atoms with E-state index < -0.39 is 0 Å². The first-order valence-electron chi connectivity index (χ1n) is 4.03. The molecule has 1 aliphatic heterocycles. The van der Waals surface area contributed by atoms with E-state index in [2.05, 4.69) is 18.2 Å². The van der Waals surface area contributed by atoms with Crippen molar-refractivity contribution in [2.75, 3.05) is 6.61 Å². The summed E-state index contributed by atoms with van der Waals surface area (Å²) < 4.78 is 5.36. The number of hydrogen-bond acceptors (Lipinski definition) is 1. The Kier molecular flexibility index (Phi) is 3.53. The summed E-state index contributed by atoms with van der Waals surface area (Å²) in [6.07, 6.45) is 12.4. The smallest absolute Gasteiger partial charge is 0.106 e. The van der Waals surface area contributed by atoms with Crippen molar-refractivity contribution in [3.8, 4) is 0 Å². The van der Waals surface area contributed by atoms with Crippen LogP contribution in [0.25, 0.3) is 0 Å². The lowest BCUT2D eigenvalue weighted by Gasteiger charge is -2.09. The van der Waals surface area contributed by atoms with Gasteiger partial charge in [-0.1, -0.05) is 18.2 Å². The van der Waals surface area contributed by atoms with Gasteiger partial charge in [0.25, 0.3) is 0 Å². The highest BCUT2D eigenvalue weighted by Gasteiger charge is 1.97. The summed E-state index contributed by atoms with van der Waals surface area (Å²) in [4.78, 5) is 0. The van der Waals surface area contributed by atoms with E-state index in [1.54, 1.807) is 0 Å². The van der Waals surface area contributed by atoms with E-state index in [-0.39, 0.29) is 0 Å². The van der Waals surface area contributed by atoms with Gasteiger partial charge in [0.2, 0.25) is 0 Å². The van der Waals surface area contributed by atoms with Gasteiger partial charge < -0.3 is 4.74 Å². The minimum absolute atomic E-state index is 0.738. The number of allylic oxidation sites excluding steroid dienone is 5. The molecule has 0 atom stereocenters. The Morgan fingerprint density at radius 3 is 3.18 bits per heavy atom. The SMILES string of the molecule is CC=CCCC1=CC=CCO1. The van der Waals surface area contributed by atoms with Crippen molar-refractivity contribution >= 4 is 0 Å². The summed E-state index contributed by atoms with van der Waals surface area (Å²) in [7, 11) is 0. The van der Waals surface area contributed by atoms with E-state index in [4.69, 9.17) is 4.74 Å². The van der Waals surface area contributed by atoms with E-state index in [1.807, 2.05) is 19.1 Å². The van der Waals surface area contributed by atoms with Gasteiger partial charge in [0, 0.05) is 6.42 Å². The van der Waals surface area contributed by atoms with E-state index in [9.17, 15) is 0 Å². The number of rotatable bonds is 3. The zero-order chi connectivity index (χ0) is 7.94. The second kappa shape index (κ2) is 4.78. The molecule has 0 amide bonds. The second-order valence-electron chi connectivity index (χ2n) is 2.48. The molecule has 0 radical (unpaired) electrons. The molecule has 0 bridgehead atoms. The Labute approximate surface area is 68.1 Å². The Balaban J connectivity index is 2.25. The van der Waals surface area contributed by atoms with Crippen molar-refractivity contribution in [2.24, 2.45) is 0 Å². The van der Waals surface area contributed by atoms with Gasteiger partial charge in [-0.25, -0.2) is 0 Å². The van der Waals surface area contributed by atoms with Crippen LogP contribution in [0.15, 0.2) is 36.1 Å². The predicted octanol–water partition coefficient (Wildman–Crippen LogP) is 2.81. The van der Waals surface area contributed by atoms with Crippen molar-refractivity contribution in [2.45, 2.75) is 19.8 Å². The van der Waals surface area contributed by atoms with E-state index in [0.29, 0.717) is 0 Å². The molecule has 0 spiro atoms. The normalized spacial score (nSPS) is 16.6. The van der Waals surface area contributed by atoms with Crippen LogP contribution in [-0.4, -0.2) is 6.61 Å². The third kappa shape index (κ3) is 3.08. The van der Waals surface area contributed by atoms with E-state index in [1.165, 1.54) is 0 Å². The maximum absolute atomic E-state index is 5.36. The molecule has 0 aromatic heterocycles. The molecule has 0 aromatic rings. The minimum Gasteiger partial charge on any atom is -0.494 e. The molecular formula is C10H14O. The summed E-state index contributed by atoms with van der Waals surface area (Å²) in [5, 5.41) is 0. The lowest BCUT2D eigenvalue weighted by molar-refractivity contribution is 0.232. The fraction of sp³-hybridized carbons (Fsp3) is 0.400. The highest BCUT2D eigenvalue weighted by molar-refractivity contribution is 5.12. The van der Waals surface area contributed by atoms with Gasteiger partial charge in [-0.2, -0.15) is 0 Å². The molecule has 1 aliphatic rings. The van der Waals surface area contributed by atoms with Gasteiger partial charge in [0.15, 0.2) is 0 Å². The number of ether oxygens (including phenoxy) is 1. The molecule has 1 heterocycles. The molecule has 1 heteroatoms. The van der Waals surface area contributed by atoms with Crippen molar-refractivity contribution in [1.82, 2.24) is 0 Å². The third-order valence-corrected chi connectivity index (χ3v) is 1.58. The summed E-state index contributed by atoms with van der Waals surface area (Å²) in [5.74, 6) is 1.10. The average Bonchev–Trinajstić information content (AvgIpc) is 2.07. The van der Waals surface area contributed by atoms with Crippen LogP contribution in [0.2, 0.25) is 0 Å². The first-order valence-corrected chi connectivity index (χ1v) is 4.03. The molecule has 0 saturated heterocycles. The van der Waals surface area contributed by atoms with Gasteiger partial charge in [-0.3, -0.25) is 0 Å². The monoisotopic (exact) mass is 150 g/mol. The predicted molar refractivity (Wildman–Crippen MR) is 47.2 cm³/mol. The lowest BCUT2D eigenvalue weighted by atomic mass is 10.2. The molecule has 1 nitrogen and oxygen atoms in total. The molecule has 0 aromatic carbocycles. The van der Waals surface area contributed by atoms with E-state index in [0.717, 1.165) is 25.2 Å². The largest absolute Gasteiger partial charge is 0.494 e. The Bertz CT molecular complexity index is 187. The quantitative estimate of drug-likeness (QED) is 0.562. The fourth-order valence-corrected chi connectivity index (χ4v) is 0.982. The van der Waals surface area contributed by atoms with Crippen LogP contribution in [-0.2, 0) is 4.74 Å². The number of hydrogen-bond donors (Lipinski definition) is 0. The van der Waals surface area contributed by atoms with Gasteiger partial charge in [0.1, 0.15) is 6.61 Å². The zero-order valence-electron chi connectivity index (χ0n) is 6.92. The first kappa shape index (κ1) is 8.12. The van der Waals surface area contributed by atoms with Gasteiger partial charge >= 0.3 is 0 Å². The summed E-state index contributed by atoms with van der Waals surface area (Å²) in [6.45, 7) is 2.78. The van der Waals surface area contributed by atoms with Crippen LogP contribution in [0, 0.1) is 0 Å². The van der Waals surface area contributed by atoms with Gasteiger partial charge in [-0.05, 0) is 25.5 Å². The van der Waals surface area contributed by atoms with Crippen LogP contribution in [0.1, 0.15) is 19.8 Å². The Hall–Kier alpha value is -0.980. The van der Waals surface area contributed by atoms with Crippen molar-refractivity contribution in [1.29, 1.82) is 0 Å². The molecule has 0 aliphatic carbocycles. The second-order valence-corrected chi connectivity index (χ2v) is 2.48. The van der Waals surface area contributed by atoms with Crippen LogP contribution in [0.3, 0.4) is 0 Å². The van der Waals surface area contributed by atoms with Gasteiger partial charge in [-0.15, -0.1) is 0 Å². The third-order valence-electron chi connectivity index (χ3n) is 1.58. The molecule has 11 heavy (non-hydrogen) atoms. The van der Waals surface area contributed by atoms with Crippen molar-refractivity contribution < 1.29 is 4.74 Å². The average molecular weight is 150 g/mol. The molecule has 0 saturated carbocycles. The zero-order valence-corrected chi connectivity index (χ0v) is 6.92. The Morgan fingerprint density at radius 1 is 1.64 bits per heavy atom. The minimum atomic E-state index is 0.738. The molecule has 0 N–H and O–H groups in total. The van der Waals surface area contributed by atoms with Crippen LogP contribution < -0.4 is 0 Å². The first-order chi connectivity index (χ1) is 5.43. The summed E-state index contributed by atoms with van der Waals surface area (Å²) in [5.41, 5.74) is 0. The molecule has 60 valence electrons. The van der Waals surface area contributed by atoms with Gasteiger partial charge in [0.05, 0.1) is 5.76 Å². The maximum atomic E-state index is 5.36. The summed E-state index contributed by atoms with van der Waals surface area (Å²) >= 11 is 0. The Morgan fingerprint density at radius 2 is 2.55 bits per heavy atom. The fourth-order valence-electron chi connectivity index (χ4n) is 0.982. The topological polar surface area (TPSA) is 9.23 Å². The molecular weight excluding hydrogens is 136 g/mol. The molecule has 1 rings (SSSR count). The lowest BCUT2D eigenvalue weighted by Crippen LogP contribution is -1.95. The van der Waals surface area contributed by atoms with Crippen LogP contribution in [0.4, 0.5) is 0 Å². The van der Waals surface area contributed by atoms with E-state index >= 15 is 0 Å². The van der Waals surface area contributed by atoms with Crippen LogP contribution >= 0.6 is 0 Å².